The summed E-state index contributed by atoms with van der Waals surface area (Å²) in [6, 6.07) is 22.6. The van der Waals surface area contributed by atoms with E-state index in [-0.39, 0.29) is 24.7 Å². The van der Waals surface area contributed by atoms with Gasteiger partial charge in [-0.25, -0.2) is 9.07 Å². The highest BCUT2D eigenvalue weighted by Gasteiger charge is 2.17. The van der Waals surface area contributed by atoms with Gasteiger partial charge in [0.2, 0.25) is 5.91 Å². The number of benzene rings is 3. The van der Waals surface area contributed by atoms with Gasteiger partial charge in [-0.3, -0.25) is 4.79 Å². The van der Waals surface area contributed by atoms with Crippen molar-refractivity contribution in [2.45, 2.75) is 12.5 Å². The van der Waals surface area contributed by atoms with Gasteiger partial charge in [-0.05, 0) is 45.8 Å². The van der Waals surface area contributed by atoms with Crippen molar-refractivity contribution in [2.24, 2.45) is 0 Å². The summed E-state index contributed by atoms with van der Waals surface area (Å²) < 4.78 is 21.1. The molecule has 0 aliphatic rings. The maximum atomic E-state index is 13.9. The fraction of sp³-hybridized carbons (Fsp3) is 0.130. The third-order valence-electron chi connectivity index (χ3n) is 4.69. The van der Waals surface area contributed by atoms with Crippen molar-refractivity contribution in [1.29, 1.82) is 0 Å². The van der Waals surface area contributed by atoms with E-state index >= 15 is 0 Å². The lowest BCUT2D eigenvalue weighted by Crippen LogP contribution is -2.33. The average Bonchev–Trinajstić information content (AvgIpc) is 3.34. The molecule has 0 fully saturated rings. The summed E-state index contributed by atoms with van der Waals surface area (Å²) in [5.41, 5.74) is 2.52. The Morgan fingerprint density at radius 3 is 2.45 bits per heavy atom. The second-order valence-electron chi connectivity index (χ2n) is 6.87. The van der Waals surface area contributed by atoms with Gasteiger partial charge in [0.1, 0.15) is 12.9 Å². The quantitative estimate of drug-likeness (QED) is 0.476. The number of ether oxygens (including phenoxy) is 1. The van der Waals surface area contributed by atoms with E-state index in [1.165, 1.54) is 17.1 Å². The zero-order chi connectivity index (χ0) is 21.5. The standard InChI is InChI=1S/C23H20FN5O2/c24-20-8-4-5-9-22(20)31-15-21(18-6-2-1-3-7-18)26-23(30)14-17-10-12-19(13-11-17)29-16-25-27-28-29/h1-13,16,21H,14-15H2,(H,26,30). The molecule has 7 nitrogen and oxygen atoms in total. The number of rotatable bonds is 8. The van der Waals surface area contributed by atoms with Crippen LogP contribution < -0.4 is 10.1 Å². The Balaban J connectivity index is 1.42. The molecule has 0 saturated heterocycles. The van der Waals surface area contributed by atoms with Crippen LogP contribution in [0.25, 0.3) is 5.69 Å². The molecule has 156 valence electrons. The molecule has 8 heteroatoms. The SMILES string of the molecule is O=C(Cc1ccc(-n2cnnn2)cc1)NC(COc1ccccc1F)c1ccccc1. The zero-order valence-corrected chi connectivity index (χ0v) is 16.6. The van der Waals surface area contributed by atoms with Crippen LogP contribution in [0.3, 0.4) is 0 Å². The molecule has 1 atom stereocenters. The maximum absolute atomic E-state index is 13.9. The van der Waals surface area contributed by atoms with Crippen LogP contribution in [0.4, 0.5) is 4.39 Å². The van der Waals surface area contributed by atoms with E-state index < -0.39 is 11.9 Å². The van der Waals surface area contributed by atoms with E-state index in [2.05, 4.69) is 20.8 Å². The minimum Gasteiger partial charge on any atom is -0.488 e. The Morgan fingerprint density at radius 2 is 1.74 bits per heavy atom. The van der Waals surface area contributed by atoms with Crippen LogP contribution in [-0.2, 0) is 11.2 Å². The van der Waals surface area contributed by atoms with Gasteiger partial charge in [0.05, 0.1) is 18.2 Å². The highest BCUT2D eigenvalue weighted by atomic mass is 19.1. The van der Waals surface area contributed by atoms with E-state index in [0.717, 1.165) is 16.8 Å². The fourth-order valence-corrected chi connectivity index (χ4v) is 3.12. The number of halogens is 1. The number of hydrogen-bond donors (Lipinski definition) is 1. The van der Waals surface area contributed by atoms with Crippen LogP contribution in [0.1, 0.15) is 17.2 Å². The zero-order valence-electron chi connectivity index (χ0n) is 16.6. The van der Waals surface area contributed by atoms with Gasteiger partial charge >= 0.3 is 0 Å². The molecule has 31 heavy (non-hydrogen) atoms. The Labute approximate surface area is 178 Å². The first-order chi connectivity index (χ1) is 15.2. The van der Waals surface area contributed by atoms with Crippen molar-refractivity contribution in [2.75, 3.05) is 6.61 Å². The monoisotopic (exact) mass is 417 g/mol. The van der Waals surface area contributed by atoms with E-state index in [9.17, 15) is 9.18 Å². The van der Waals surface area contributed by atoms with Gasteiger partial charge < -0.3 is 10.1 Å². The first kappa shape index (κ1) is 20.2. The molecule has 0 bridgehead atoms. The second kappa shape index (κ2) is 9.62. The summed E-state index contributed by atoms with van der Waals surface area (Å²) >= 11 is 0. The number of aromatic nitrogens is 4. The first-order valence-corrected chi connectivity index (χ1v) is 9.73. The van der Waals surface area contributed by atoms with E-state index in [0.29, 0.717) is 0 Å². The van der Waals surface area contributed by atoms with Crippen molar-refractivity contribution in [3.8, 4) is 11.4 Å². The lowest BCUT2D eigenvalue weighted by Gasteiger charge is -2.20. The normalized spacial score (nSPS) is 11.6. The highest BCUT2D eigenvalue weighted by molar-refractivity contribution is 5.79. The Morgan fingerprint density at radius 1 is 1.00 bits per heavy atom. The number of amides is 1. The number of nitrogens with zero attached hydrogens (tertiary/aromatic N) is 4. The third kappa shape index (κ3) is 5.30. The number of hydrogen-bond acceptors (Lipinski definition) is 5. The smallest absolute Gasteiger partial charge is 0.225 e. The summed E-state index contributed by atoms with van der Waals surface area (Å²) in [6.07, 6.45) is 1.70. The van der Waals surface area contributed by atoms with E-state index in [1.807, 2.05) is 54.6 Å². The number of para-hydroxylation sites is 1. The van der Waals surface area contributed by atoms with Gasteiger partial charge in [-0.15, -0.1) is 5.10 Å². The molecule has 1 heterocycles. The maximum Gasteiger partial charge on any atom is 0.225 e. The molecular formula is C23H20FN5O2. The van der Waals surface area contributed by atoms with Gasteiger partial charge in [0.15, 0.2) is 11.6 Å². The van der Waals surface area contributed by atoms with Crippen molar-refractivity contribution in [1.82, 2.24) is 25.5 Å². The topological polar surface area (TPSA) is 81.9 Å². The number of carbonyl (C=O) groups is 1. The molecule has 3 aromatic carbocycles. The molecule has 1 unspecified atom stereocenters. The molecule has 4 aromatic rings. The Hall–Kier alpha value is -4.07. The van der Waals surface area contributed by atoms with Gasteiger partial charge in [-0.1, -0.05) is 54.6 Å². The average molecular weight is 417 g/mol. The van der Waals surface area contributed by atoms with Gasteiger partial charge in [0.25, 0.3) is 0 Å². The summed E-state index contributed by atoms with van der Waals surface area (Å²) in [5.74, 6) is -0.458. The fourth-order valence-electron chi connectivity index (χ4n) is 3.12. The molecule has 0 radical (unpaired) electrons. The first-order valence-electron chi connectivity index (χ1n) is 9.73. The molecule has 0 aliphatic carbocycles. The van der Waals surface area contributed by atoms with Crippen molar-refractivity contribution >= 4 is 5.91 Å². The minimum atomic E-state index is -0.441. The van der Waals surface area contributed by atoms with Crippen molar-refractivity contribution in [3.63, 3.8) is 0 Å². The third-order valence-corrected chi connectivity index (χ3v) is 4.69. The number of carbonyl (C=O) groups excluding carboxylic acids is 1. The summed E-state index contributed by atoms with van der Waals surface area (Å²) in [4.78, 5) is 12.7. The summed E-state index contributed by atoms with van der Waals surface area (Å²) in [7, 11) is 0. The molecule has 1 aromatic heterocycles. The molecule has 0 saturated carbocycles. The second-order valence-corrected chi connectivity index (χ2v) is 6.87. The minimum absolute atomic E-state index is 0.106. The van der Waals surface area contributed by atoms with Crippen molar-refractivity contribution < 1.29 is 13.9 Å². The van der Waals surface area contributed by atoms with Gasteiger partial charge in [0, 0.05) is 0 Å². The van der Waals surface area contributed by atoms with Crippen LogP contribution in [0.15, 0.2) is 85.2 Å². The predicted octanol–water partition coefficient (Wildman–Crippen LogP) is 3.28. The molecule has 4 rings (SSSR count). The summed E-state index contributed by atoms with van der Waals surface area (Å²) in [5, 5.41) is 14.0. The van der Waals surface area contributed by atoms with E-state index in [1.54, 1.807) is 18.2 Å². The lowest BCUT2D eigenvalue weighted by molar-refractivity contribution is -0.121. The van der Waals surface area contributed by atoms with Crippen LogP contribution in [0.5, 0.6) is 5.75 Å². The molecular weight excluding hydrogens is 397 g/mol. The predicted molar refractivity (Wildman–Crippen MR) is 112 cm³/mol. The molecule has 0 spiro atoms. The van der Waals surface area contributed by atoms with Crippen LogP contribution in [-0.4, -0.2) is 32.7 Å². The van der Waals surface area contributed by atoms with Crippen LogP contribution in [0, 0.1) is 5.82 Å². The van der Waals surface area contributed by atoms with Gasteiger partial charge in [-0.2, -0.15) is 0 Å². The van der Waals surface area contributed by atoms with E-state index in [4.69, 9.17) is 4.74 Å². The van der Waals surface area contributed by atoms with Crippen LogP contribution in [0.2, 0.25) is 0 Å². The highest BCUT2D eigenvalue weighted by Crippen LogP contribution is 2.19. The summed E-state index contributed by atoms with van der Waals surface area (Å²) in [6.45, 7) is 0.106. The largest absolute Gasteiger partial charge is 0.488 e. The Bertz CT molecular complexity index is 1120. The molecule has 0 aliphatic heterocycles. The van der Waals surface area contributed by atoms with Crippen molar-refractivity contribution in [3.05, 3.63) is 102 Å². The number of nitrogens with one attached hydrogen (secondary N) is 1. The Kier molecular flexibility index (Phi) is 6.27. The van der Waals surface area contributed by atoms with Crippen LogP contribution >= 0.6 is 0 Å². The number of tetrazole rings is 1. The molecule has 1 N–H and O–H groups in total. The molecule has 1 amide bonds. The lowest BCUT2D eigenvalue weighted by atomic mass is 10.1.